The molecule has 1 atom stereocenters. The number of hydrogen-bond acceptors (Lipinski definition) is 2. The highest BCUT2D eigenvalue weighted by Crippen LogP contribution is 2.26. The van der Waals surface area contributed by atoms with Gasteiger partial charge in [-0.3, -0.25) is 0 Å². The van der Waals surface area contributed by atoms with E-state index in [4.69, 9.17) is 27.9 Å². The van der Waals surface area contributed by atoms with E-state index in [-0.39, 0.29) is 0 Å². The van der Waals surface area contributed by atoms with Gasteiger partial charge < -0.3 is 9.64 Å². The zero-order valence-electron chi connectivity index (χ0n) is 13.5. The monoisotopic (exact) mass is 343 g/mol. The molecule has 1 aromatic carbocycles. The van der Waals surface area contributed by atoms with Crippen molar-refractivity contribution in [2.75, 3.05) is 26.2 Å². The van der Waals surface area contributed by atoms with E-state index in [2.05, 4.69) is 11.8 Å². The molecular formula is C18H27Cl2NO. The van der Waals surface area contributed by atoms with E-state index in [0.717, 1.165) is 18.8 Å². The van der Waals surface area contributed by atoms with Gasteiger partial charge in [0.15, 0.2) is 0 Å². The predicted octanol–water partition coefficient (Wildman–Crippen LogP) is 5.66. The molecule has 0 spiro atoms. The molecule has 1 heterocycles. The fraction of sp³-hybridized carbons (Fsp3) is 0.667. The maximum Gasteiger partial charge on any atom is 0.120 e. The van der Waals surface area contributed by atoms with Crippen LogP contribution >= 0.6 is 23.2 Å². The molecule has 0 aromatic heterocycles. The molecule has 1 aromatic rings. The Morgan fingerprint density at radius 3 is 2.59 bits per heavy atom. The lowest BCUT2D eigenvalue weighted by atomic mass is 10.0. The largest absolute Gasteiger partial charge is 0.494 e. The second-order valence-corrected chi connectivity index (χ2v) is 7.18. The first kappa shape index (κ1) is 17.9. The van der Waals surface area contributed by atoms with Crippen LogP contribution < -0.4 is 4.74 Å². The molecule has 0 bridgehead atoms. The standard InChI is InChI=1S/C18H27Cl2NO/c1-15(6-5-12-21-10-3-2-4-11-21)9-13-22-16-7-8-17(19)18(20)14-16/h7-8,14-15H,2-6,9-13H2,1H3. The van der Waals surface area contributed by atoms with E-state index >= 15 is 0 Å². The van der Waals surface area contributed by atoms with Crippen LogP contribution in [-0.2, 0) is 0 Å². The Hall–Kier alpha value is -0.440. The van der Waals surface area contributed by atoms with E-state index in [1.54, 1.807) is 12.1 Å². The van der Waals surface area contributed by atoms with Gasteiger partial charge in [-0.05, 0) is 69.8 Å². The smallest absolute Gasteiger partial charge is 0.120 e. The summed E-state index contributed by atoms with van der Waals surface area (Å²) < 4.78 is 5.76. The van der Waals surface area contributed by atoms with Crippen LogP contribution in [0.15, 0.2) is 18.2 Å². The number of hydrogen-bond donors (Lipinski definition) is 0. The maximum atomic E-state index is 5.98. The average molecular weight is 344 g/mol. The molecule has 2 nitrogen and oxygen atoms in total. The number of nitrogens with zero attached hydrogens (tertiary/aromatic N) is 1. The van der Waals surface area contributed by atoms with Gasteiger partial charge in [0, 0.05) is 6.07 Å². The van der Waals surface area contributed by atoms with Crippen LogP contribution in [0.1, 0.15) is 45.4 Å². The Morgan fingerprint density at radius 2 is 1.86 bits per heavy atom. The van der Waals surface area contributed by atoms with Crippen LogP contribution in [0.3, 0.4) is 0 Å². The molecule has 0 N–H and O–H groups in total. The zero-order chi connectivity index (χ0) is 15.8. The van der Waals surface area contributed by atoms with Crippen LogP contribution in [0, 0.1) is 5.92 Å². The van der Waals surface area contributed by atoms with Gasteiger partial charge in [-0.25, -0.2) is 0 Å². The van der Waals surface area contributed by atoms with E-state index in [1.807, 2.05) is 6.07 Å². The minimum Gasteiger partial charge on any atom is -0.494 e. The SMILES string of the molecule is CC(CCCN1CCCCC1)CCOc1ccc(Cl)c(Cl)c1. The summed E-state index contributed by atoms with van der Waals surface area (Å²) in [5, 5.41) is 1.12. The van der Waals surface area contributed by atoms with E-state index in [1.165, 1.54) is 51.7 Å². The van der Waals surface area contributed by atoms with Crippen LogP contribution in [0.2, 0.25) is 10.0 Å². The van der Waals surface area contributed by atoms with Crippen molar-refractivity contribution in [1.82, 2.24) is 4.90 Å². The second-order valence-electron chi connectivity index (χ2n) is 6.36. The first-order valence-corrected chi connectivity index (χ1v) is 9.21. The average Bonchev–Trinajstić information content (AvgIpc) is 2.52. The summed E-state index contributed by atoms with van der Waals surface area (Å²) in [4.78, 5) is 2.61. The normalized spacial score (nSPS) is 17.4. The summed E-state index contributed by atoms with van der Waals surface area (Å²) in [6.45, 7) is 6.92. The summed E-state index contributed by atoms with van der Waals surface area (Å²) in [5.41, 5.74) is 0. The van der Waals surface area contributed by atoms with Crippen molar-refractivity contribution >= 4 is 23.2 Å². The van der Waals surface area contributed by atoms with Crippen molar-refractivity contribution in [2.24, 2.45) is 5.92 Å². The summed E-state index contributed by atoms with van der Waals surface area (Å²) in [6, 6.07) is 5.43. The van der Waals surface area contributed by atoms with E-state index < -0.39 is 0 Å². The Balaban J connectivity index is 1.57. The van der Waals surface area contributed by atoms with Crippen molar-refractivity contribution in [2.45, 2.75) is 45.4 Å². The number of benzene rings is 1. The second kappa shape index (κ2) is 9.64. The maximum absolute atomic E-state index is 5.98. The van der Waals surface area contributed by atoms with Crippen LogP contribution in [0.25, 0.3) is 0 Å². The third-order valence-electron chi connectivity index (χ3n) is 4.39. The van der Waals surface area contributed by atoms with Crippen molar-refractivity contribution in [3.05, 3.63) is 28.2 Å². The molecule has 2 rings (SSSR count). The molecule has 1 fully saturated rings. The summed E-state index contributed by atoms with van der Waals surface area (Å²) in [7, 11) is 0. The van der Waals surface area contributed by atoms with Crippen LogP contribution in [0.5, 0.6) is 5.75 Å². The molecule has 1 aliphatic rings. The van der Waals surface area contributed by atoms with Crippen LogP contribution in [-0.4, -0.2) is 31.1 Å². The van der Waals surface area contributed by atoms with Gasteiger partial charge in [-0.15, -0.1) is 0 Å². The summed E-state index contributed by atoms with van der Waals surface area (Å²) in [6.07, 6.45) is 7.84. The molecule has 0 radical (unpaired) electrons. The molecule has 4 heteroatoms. The van der Waals surface area contributed by atoms with Gasteiger partial charge in [0.05, 0.1) is 16.7 Å². The van der Waals surface area contributed by atoms with E-state index in [9.17, 15) is 0 Å². The van der Waals surface area contributed by atoms with Gasteiger partial charge in [0.1, 0.15) is 5.75 Å². The number of ether oxygens (including phenoxy) is 1. The highest BCUT2D eigenvalue weighted by molar-refractivity contribution is 6.42. The first-order valence-electron chi connectivity index (χ1n) is 8.45. The highest BCUT2D eigenvalue weighted by Gasteiger charge is 2.10. The zero-order valence-corrected chi connectivity index (χ0v) is 15.0. The molecular weight excluding hydrogens is 317 g/mol. The number of likely N-dealkylation sites (tertiary alicyclic amines) is 1. The highest BCUT2D eigenvalue weighted by atomic mass is 35.5. The topological polar surface area (TPSA) is 12.5 Å². The van der Waals surface area contributed by atoms with Crippen molar-refractivity contribution in [1.29, 1.82) is 0 Å². The van der Waals surface area contributed by atoms with Crippen molar-refractivity contribution < 1.29 is 4.74 Å². The third kappa shape index (κ3) is 6.36. The lowest BCUT2D eigenvalue weighted by Gasteiger charge is -2.26. The molecule has 0 aliphatic carbocycles. The van der Waals surface area contributed by atoms with Crippen molar-refractivity contribution in [3.8, 4) is 5.75 Å². The van der Waals surface area contributed by atoms with Gasteiger partial charge in [-0.1, -0.05) is 36.5 Å². The molecule has 1 aliphatic heterocycles. The first-order chi connectivity index (χ1) is 10.6. The van der Waals surface area contributed by atoms with Crippen LogP contribution in [0.4, 0.5) is 0 Å². The Labute approximate surface area is 144 Å². The Morgan fingerprint density at radius 1 is 1.09 bits per heavy atom. The summed E-state index contributed by atoms with van der Waals surface area (Å²) >= 11 is 11.9. The Kier molecular flexibility index (Phi) is 7.85. The lowest BCUT2D eigenvalue weighted by Crippen LogP contribution is -2.30. The van der Waals surface area contributed by atoms with Crippen molar-refractivity contribution in [3.63, 3.8) is 0 Å². The number of rotatable bonds is 8. The van der Waals surface area contributed by atoms with Gasteiger partial charge in [-0.2, -0.15) is 0 Å². The van der Waals surface area contributed by atoms with Gasteiger partial charge >= 0.3 is 0 Å². The predicted molar refractivity (Wildman–Crippen MR) is 95.3 cm³/mol. The molecule has 1 saturated heterocycles. The fourth-order valence-corrected chi connectivity index (χ4v) is 3.22. The molecule has 22 heavy (non-hydrogen) atoms. The van der Waals surface area contributed by atoms with Gasteiger partial charge in [0.25, 0.3) is 0 Å². The summed E-state index contributed by atoms with van der Waals surface area (Å²) in [5.74, 6) is 1.50. The molecule has 124 valence electrons. The minimum absolute atomic E-state index is 0.550. The van der Waals surface area contributed by atoms with E-state index in [0.29, 0.717) is 16.0 Å². The minimum atomic E-state index is 0.550. The number of piperidine rings is 1. The third-order valence-corrected chi connectivity index (χ3v) is 5.13. The lowest BCUT2D eigenvalue weighted by molar-refractivity contribution is 0.216. The number of halogens is 2. The Bertz CT molecular complexity index is 447. The molecule has 0 saturated carbocycles. The molecule has 1 unspecified atom stereocenters. The quantitative estimate of drug-likeness (QED) is 0.603. The molecule has 0 amide bonds. The fourth-order valence-electron chi connectivity index (χ4n) is 2.94. The van der Waals surface area contributed by atoms with Gasteiger partial charge in [0.2, 0.25) is 0 Å².